The molecule has 0 amide bonds. The van der Waals surface area contributed by atoms with Gasteiger partial charge in [-0.1, -0.05) is 26.7 Å². The highest BCUT2D eigenvalue weighted by atomic mass is 127. The van der Waals surface area contributed by atoms with E-state index in [0.29, 0.717) is 17.4 Å². The van der Waals surface area contributed by atoms with Crippen LogP contribution in [0.1, 0.15) is 52.9 Å². The third-order valence-electron chi connectivity index (χ3n) is 6.94. The Balaban J connectivity index is 0.00000261. The second kappa shape index (κ2) is 10.6. The molecule has 0 radical (unpaired) electrons. The number of aliphatic imine (C=N–C) groups is 1. The molecule has 1 unspecified atom stereocenters. The zero-order valence-electron chi connectivity index (χ0n) is 18.0. The second-order valence-electron chi connectivity index (χ2n) is 9.22. The number of likely N-dealkylation sites (N-methyl/N-ethyl adjacent to an activating group) is 1. The summed E-state index contributed by atoms with van der Waals surface area (Å²) in [5.74, 6) is 1.81. The van der Waals surface area contributed by atoms with Crippen LogP contribution in [0.15, 0.2) is 4.99 Å². The molecule has 1 saturated carbocycles. The number of hydrogen-bond donors (Lipinski definition) is 1. The Labute approximate surface area is 184 Å². The average Bonchev–Trinajstić information content (AvgIpc) is 3.25. The van der Waals surface area contributed by atoms with Crippen molar-refractivity contribution in [2.24, 2.45) is 16.3 Å². The zero-order chi connectivity index (χ0) is 18.6. The molecule has 0 aromatic rings. The predicted octanol–water partition coefficient (Wildman–Crippen LogP) is 3.11. The summed E-state index contributed by atoms with van der Waals surface area (Å²) in [4.78, 5) is 12.8. The molecule has 1 atom stereocenters. The van der Waals surface area contributed by atoms with Gasteiger partial charge in [-0.05, 0) is 44.6 Å². The van der Waals surface area contributed by atoms with E-state index in [4.69, 9.17) is 4.99 Å². The van der Waals surface area contributed by atoms with Gasteiger partial charge < -0.3 is 15.1 Å². The number of halogens is 1. The van der Waals surface area contributed by atoms with Gasteiger partial charge in [-0.2, -0.15) is 0 Å². The lowest BCUT2D eigenvalue weighted by Crippen LogP contribution is -2.52. The van der Waals surface area contributed by atoms with Gasteiger partial charge in [-0.3, -0.25) is 9.89 Å². The lowest BCUT2D eigenvalue weighted by atomic mass is 9.86. The first kappa shape index (κ1) is 23.2. The van der Waals surface area contributed by atoms with Gasteiger partial charge in [-0.15, -0.1) is 24.0 Å². The van der Waals surface area contributed by atoms with Crippen molar-refractivity contribution in [3.63, 3.8) is 0 Å². The number of piperazine rings is 1. The number of nitrogens with one attached hydrogen (secondary N) is 1. The van der Waals surface area contributed by atoms with Crippen LogP contribution >= 0.6 is 24.0 Å². The summed E-state index contributed by atoms with van der Waals surface area (Å²) in [5.41, 5.74) is 0.602. The molecule has 0 aromatic heterocycles. The second-order valence-corrected chi connectivity index (χ2v) is 9.22. The molecule has 1 spiro atoms. The first-order valence-electron chi connectivity index (χ1n) is 11.0. The summed E-state index contributed by atoms with van der Waals surface area (Å²) in [6.07, 6.45) is 7.09. The van der Waals surface area contributed by atoms with Gasteiger partial charge in [0.15, 0.2) is 5.96 Å². The summed E-state index contributed by atoms with van der Waals surface area (Å²) in [7, 11) is 2.23. The first-order valence-corrected chi connectivity index (χ1v) is 11.0. The van der Waals surface area contributed by atoms with E-state index >= 15 is 0 Å². The van der Waals surface area contributed by atoms with Crippen molar-refractivity contribution in [3.8, 4) is 0 Å². The fourth-order valence-electron chi connectivity index (χ4n) is 5.16. The molecule has 0 aromatic carbocycles. The van der Waals surface area contributed by atoms with Crippen LogP contribution in [-0.4, -0.2) is 86.1 Å². The Morgan fingerprint density at radius 2 is 1.70 bits per heavy atom. The van der Waals surface area contributed by atoms with Gasteiger partial charge in [0.25, 0.3) is 0 Å². The van der Waals surface area contributed by atoms with Crippen LogP contribution in [0.25, 0.3) is 0 Å². The number of rotatable bonds is 5. The third-order valence-corrected chi connectivity index (χ3v) is 6.94. The highest BCUT2D eigenvalue weighted by Gasteiger charge is 2.41. The Bertz CT molecular complexity index is 467. The Morgan fingerprint density at radius 3 is 2.30 bits per heavy atom. The van der Waals surface area contributed by atoms with Gasteiger partial charge in [0.05, 0.1) is 6.54 Å². The molecule has 2 heterocycles. The minimum atomic E-state index is 0. The summed E-state index contributed by atoms with van der Waals surface area (Å²) in [5, 5.41) is 3.58. The van der Waals surface area contributed by atoms with Gasteiger partial charge >= 0.3 is 0 Å². The van der Waals surface area contributed by atoms with Crippen LogP contribution < -0.4 is 5.32 Å². The maximum Gasteiger partial charge on any atom is 0.193 e. The van der Waals surface area contributed by atoms with E-state index in [1.165, 1.54) is 71.4 Å². The van der Waals surface area contributed by atoms with E-state index < -0.39 is 0 Å². The molecular weight excluding hydrogens is 449 g/mol. The van der Waals surface area contributed by atoms with Crippen LogP contribution in [0.5, 0.6) is 0 Å². The van der Waals surface area contributed by atoms with Crippen molar-refractivity contribution in [1.29, 1.82) is 0 Å². The molecule has 0 bridgehead atoms. The minimum Gasteiger partial charge on any atom is -0.357 e. The third kappa shape index (κ3) is 5.95. The van der Waals surface area contributed by atoms with Gasteiger partial charge in [0.1, 0.15) is 0 Å². The largest absolute Gasteiger partial charge is 0.357 e. The normalized spacial score (nSPS) is 25.2. The molecular formula is C21H42IN5. The van der Waals surface area contributed by atoms with Crippen molar-refractivity contribution in [3.05, 3.63) is 0 Å². The standard InChI is InChI=1S/C21H41N5.HI/c1-5-22-20(26-11-10-21(17-26)8-6-7-9-21)23-16-19(18(2)3)25-14-12-24(4)13-15-25;/h18-19H,5-17H2,1-4H3,(H,22,23);1H. The van der Waals surface area contributed by atoms with Crippen LogP contribution in [0.3, 0.4) is 0 Å². The van der Waals surface area contributed by atoms with E-state index in [9.17, 15) is 0 Å². The Hall–Kier alpha value is -0.0800. The van der Waals surface area contributed by atoms with Crippen LogP contribution in [0, 0.1) is 11.3 Å². The van der Waals surface area contributed by atoms with E-state index in [2.05, 4.69) is 47.8 Å². The van der Waals surface area contributed by atoms with E-state index in [1.807, 2.05) is 0 Å². The highest BCUT2D eigenvalue weighted by Crippen LogP contribution is 2.45. The van der Waals surface area contributed by atoms with Crippen molar-refractivity contribution in [2.75, 3.05) is 59.4 Å². The SMILES string of the molecule is CCNC(=NCC(C(C)C)N1CCN(C)CC1)N1CCC2(CCCC2)C1.I. The minimum absolute atomic E-state index is 0. The molecule has 3 aliphatic rings. The van der Waals surface area contributed by atoms with Gasteiger partial charge in [0.2, 0.25) is 0 Å². The monoisotopic (exact) mass is 491 g/mol. The molecule has 1 N–H and O–H groups in total. The summed E-state index contributed by atoms with van der Waals surface area (Å²) in [6.45, 7) is 15.9. The number of guanidine groups is 1. The summed E-state index contributed by atoms with van der Waals surface area (Å²) >= 11 is 0. The number of nitrogens with zero attached hydrogens (tertiary/aromatic N) is 4. The molecule has 5 nitrogen and oxygen atoms in total. The number of likely N-dealkylation sites (tertiary alicyclic amines) is 1. The van der Waals surface area contributed by atoms with Gasteiger partial charge in [-0.25, -0.2) is 0 Å². The van der Waals surface area contributed by atoms with Crippen molar-refractivity contribution in [1.82, 2.24) is 20.0 Å². The Morgan fingerprint density at radius 1 is 1.04 bits per heavy atom. The molecule has 2 aliphatic heterocycles. The maximum absolute atomic E-state index is 5.14. The van der Waals surface area contributed by atoms with Crippen molar-refractivity contribution >= 4 is 29.9 Å². The van der Waals surface area contributed by atoms with E-state index in [1.54, 1.807) is 0 Å². The summed E-state index contributed by atoms with van der Waals surface area (Å²) in [6, 6.07) is 0.556. The first-order chi connectivity index (χ1) is 12.5. The molecule has 3 fully saturated rings. The lowest BCUT2D eigenvalue weighted by Gasteiger charge is -2.39. The Kier molecular flexibility index (Phi) is 9.13. The highest BCUT2D eigenvalue weighted by molar-refractivity contribution is 14.0. The lowest BCUT2D eigenvalue weighted by molar-refractivity contribution is 0.0924. The molecule has 3 rings (SSSR count). The fraction of sp³-hybridized carbons (Fsp3) is 0.952. The maximum atomic E-state index is 5.14. The average molecular weight is 492 g/mol. The molecule has 158 valence electrons. The van der Waals surface area contributed by atoms with Crippen LogP contribution in [-0.2, 0) is 0 Å². The molecule has 2 saturated heterocycles. The van der Waals surface area contributed by atoms with Crippen LogP contribution in [0.2, 0.25) is 0 Å². The van der Waals surface area contributed by atoms with E-state index in [0.717, 1.165) is 19.0 Å². The van der Waals surface area contributed by atoms with Crippen molar-refractivity contribution in [2.45, 2.75) is 58.9 Å². The summed E-state index contributed by atoms with van der Waals surface area (Å²) < 4.78 is 0. The van der Waals surface area contributed by atoms with Crippen LogP contribution in [0.4, 0.5) is 0 Å². The molecule has 6 heteroatoms. The fourth-order valence-corrected chi connectivity index (χ4v) is 5.16. The molecule has 1 aliphatic carbocycles. The number of hydrogen-bond acceptors (Lipinski definition) is 3. The zero-order valence-corrected chi connectivity index (χ0v) is 20.4. The molecule has 27 heavy (non-hydrogen) atoms. The topological polar surface area (TPSA) is 34.1 Å². The van der Waals surface area contributed by atoms with Crippen molar-refractivity contribution < 1.29 is 0 Å². The smallest absolute Gasteiger partial charge is 0.193 e. The van der Waals surface area contributed by atoms with Gasteiger partial charge in [0, 0.05) is 51.9 Å². The quantitative estimate of drug-likeness (QED) is 0.364. The van der Waals surface area contributed by atoms with E-state index in [-0.39, 0.29) is 24.0 Å². The predicted molar refractivity (Wildman–Crippen MR) is 126 cm³/mol.